The van der Waals surface area contributed by atoms with Crippen molar-refractivity contribution < 1.29 is 23.6 Å². The molecule has 0 aliphatic carbocycles. The minimum Gasteiger partial charge on any atom is -0.321 e. The Labute approximate surface area is 246 Å². The number of halogens is 1. The molecule has 0 spiro atoms. The maximum atomic E-state index is 13.4. The number of thioether (sulfide) groups is 1. The fraction of sp³-hybridized carbons (Fsp3) is 0.0909. The van der Waals surface area contributed by atoms with Crippen molar-refractivity contribution in [3.05, 3.63) is 131 Å². The van der Waals surface area contributed by atoms with Crippen molar-refractivity contribution >= 4 is 52.8 Å². The lowest BCUT2D eigenvalue weighted by molar-refractivity contribution is -0.121. The molecule has 4 aromatic rings. The van der Waals surface area contributed by atoms with E-state index in [-0.39, 0.29) is 23.9 Å². The lowest BCUT2D eigenvalue weighted by Gasteiger charge is -2.15. The largest absolute Gasteiger partial charge is 0.321 e. The zero-order chi connectivity index (χ0) is 29.6. The van der Waals surface area contributed by atoms with Crippen LogP contribution in [-0.2, 0) is 14.4 Å². The van der Waals surface area contributed by atoms with Crippen LogP contribution >= 0.6 is 11.8 Å². The van der Waals surface area contributed by atoms with Gasteiger partial charge in [0.05, 0.1) is 10.9 Å². The van der Waals surface area contributed by atoms with Gasteiger partial charge in [0.25, 0.3) is 11.8 Å². The molecule has 1 saturated heterocycles. The van der Waals surface area contributed by atoms with Crippen LogP contribution in [0, 0.1) is 12.7 Å². The summed E-state index contributed by atoms with van der Waals surface area (Å²) in [7, 11) is 0. The second kappa shape index (κ2) is 12.7. The molecule has 1 aliphatic rings. The average molecular weight is 580 g/mol. The number of amides is 4. The lowest BCUT2D eigenvalue weighted by atomic mass is 10.1. The van der Waals surface area contributed by atoms with Crippen molar-refractivity contribution in [2.45, 2.75) is 23.5 Å². The van der Waals surface area contributed by atoms with Crippen LogP contribution in [0.1, 0.15) is 27.9 Å². The molecule has 42 heavy (non-hydrogen) atoms. The summed E-state index contributed by atoms with van der Waals surface area (Å²) in [6.07, 6.45) is 1.55. The highest BCUT2D eigenvalue weighted by Crippen LogP contribution is 2.34. The van der Waals surface area contributed by atoms with Gasteiger partial charge in [0.2, 0.25) is 11.8 Å². The predicted octanol–water partition coefficient (Wildman–Crippen LogP) is 5.97. The number of hydrogen-bond acceptors (Lipinski definition) is 5. The van der Waals surface area contributed by atoms with Gasteiger partial charge in [0, 0.05) is 22.6 Å². The third-order valence-electron chi connectivity index (χ3n) is 6.50. The van der Waals surface area contributed by atoms with Gasteiger partial charge in [-0.1, -0.05) is 48.0 Å². The normalized spacial score (nSPS) is 15.0. The smallest absolute Gasteiger partial charge is 0.272 e. The number of imide groups is 1. The Kier molecular flexibility index (Phi) is 8.59. The van der Waals surface area contributed by atoms with Crippen LogP contribution in [-0.4, -0.2) is 28.9 Å². The first kappa shape index (κ1) is 28.5. The second-order valence-corrected chi connectivity index (χ2v) is 10.9. The highest BCUT2D eigenvalue weighted by molar-refractivity contribution is 8.00. The van der Waals surface area contributed by atoms with E-state index in [4.69, 9.17) is 0 Å². The third-order valence-corrected chi connectivity index (χ3v) is 7.69. The van der Waals surface area contributed by atoms with Gasteiger partial charge >= 0.3 is 0 Å². The number of nitrogens with zero attached hydrogens (tertiary/aromatic N) is 1. The summed E-state index contributed by atoms with van der Waals surface area (Å²) in [6, 6.07) is 28.1. The lowest BCUT2D eigenvalue weighted by Crippen LogP contribution is -2.31. The number of carbonyl (C=O) groups is 4. The van der Waals surface area contributed by atoms with E-state index in [0.29, 0.717) is 22.5 Å². The molecule has 5 rings (SSSR count). The Bertz CT molecular complexity index is 1650. The zero-order valence-corrected chi connectivity index (χ0v) is 23.4. The fourth-order valence-corrected chi connectivity index (χ4v) is 5.36. The average Bonchev–Trinajstić information content (AvgIpc) is 3.27. The van der Waals surface area contributed by atoms with Crippen molar-refractivity contribution in [2.75, 3.05) is 10.2 Å². The van der Waals surface area contributed by atoms with Gasteiger partial charge in [0.15, 0.2) is 0 Å². The Morgan fingerprint density at radius 3 is 2.21 bits per heavy atom. The van der Waals surface area contributed by atoms with Gasteiger partial charge in [0.1, 0.15) is 11.5 Å². The maximum absolute atomic E-state index is 13.4. The molecule has 0 aromatic heterocycles. The summed E-state index contributed by atoms with van der Waals surface area (Å²) in [5.74, 6) is -1.98. The molecule has 7 nitrogen and oxygen atoms in total. The molecule has 0 bridgehead atoms. The number of carbonyl (C=O) groups excluding carboxylic acids is 4. The summed E-state index contributed by atoms with van der Waals surface area (Å²) in [4.78, 5) is 53.6. The first-order valence-electron chi connectivity index (χ1n) is 13.1. The summed E-state index contributed by atoms with van der Waals surface area (Å²) in [6.45, 7) is 1.94. The molecule has 1 heterocycles. The molecule has 210 valence electrons. The fourth-order valence-electron chi connectivity index (χ4n) is 4.31. The first-order valence-corrected chi connectivity index (χ1v) is 14.0. The Morgan fingerprint density at radius 1 is 0.881 bits per heavy atom. The Balaban J connectivity index is 1.27. The number of hydrogen-bond donors (Lipinski definition) is 2. The van der Waals surface area contributed by atoms with Gasteiger partial charge in [-0.2, -0.15) is 0 Å². The minimum atomic E-state index is -0.575. The van der Waals surface area contributed by atoms with Gasteiger partial charge in [-0.25, -0.2) is 9.29 Å². The molecular weight excluding hydrogens is 553 g/mol. The number of benzene rings is 4. The third kappa shape index (κ3) is 6.82. The zero-order valence-electron chi connectivity index (χ0n) is 22.5. The Hall–Kier alpha value is -5.02. The van der Waals surface area contributed by atoms with Gasteiger partial charge < -0.3 is 10.6 Å². The van der Waals surface area contributed by atoms with E-state index in [9.17, 15) is 23.6 Å². The molecule has 2 N–H and O–H groups in total. The van der Waals surface area contributed by atoms with Crippen LogP contribution in [0.4, 0.5) is 15.8 Å². The maximum Gasteiger partial charge on any atom is 0.272 e. The van der Waals surface area contributed by atoms with E-state index in [0.717, 1.165) is 10.5 Å². The molecule has 1 unspecified atom stereocenters. The van der Waals surface area contributed by atoms with Crippen molar-refractivity contribution in [1.29, 1.82) is 0 Å². The number of nitrogens with one attached hydrogen (secondary N) is 2. The van der Waals surface area contributed by atoms with Gasteiger partial charge in [-0.05, 0) is 79.2 Å². The number of rotatable bonds is 8. The molecule has 4 aromatic carbocycles. The van der Waals surface area contributed by atoms with Crippen LogP contribution in [0.3, 0.4) is 0 Å². The van der Waals surface area contributed by atoms with Crippen LogP contribution < -0.4 is 15.5 Å². The number of aryl methyl sites for hydroxylation is 1. The van der Waals surface area contributed by atoms with E-state index in [1.165, 1.54) is 47.0 Å². The van der Waals surface area contributed by atoms with Crippen molar-refractivity contribution in [2.24, 2.45) is 0 Å². The molecule has 0 radical (unpaired) electrons. The van der Waals surface area contributed by atoms with E-state index in [1.807, 2.05) is 19.1 Å². The summed E-state index contributed by atoms with van der Waals surface area (Å²) >= 11 is 1.28. The van der Waals surface area contributed by atoms with Crippen LogP contribution in [0.5, 0.6) is 0 Å². The predicted molar refractivity (Wildman–Crippen MR) is 161 cm³/mol. The Morgan fingerprint density at radius 2 is 1.55 bits per heavy atom. The molecule has 1 fully saturated rings. The summed E-state index contributed by atoms with van der Waals surface area (Å²) in [5, 5.41) is 4.85. The summed E-state index contributed by atoms with van der Waals surface area (Å²) < 4.78 is 13.4. The van der Waals surface area contributed by atoms with Crippen LogP contribution in [0.15, 0.2) is 114 Å². The molecule has 1 aliphatic heterocycles. The topological polar surface area (TPSA) is 95.6 Å². The highest BCUT2D eigenvalue weighted by Gasteiger charge is 2.40. The second-order valence-electron chi connectivity index (χ2n) is 9.62. The highest BCUT2D eigenvalue weighted by atomic mass is 32.2. The molecule has 4 amide bonds. The minimum absolute atomic E-state index is 0.0276. The van der Waals surface area contributed by atoms with Gasteiger partial charge in [-0.15, -0.1) is 11.8 Å². The SMILES string of the molecule is Cc1ccc(N2C(=O)CC(Sc3ccc(NC(=O)/C(=C/c4ccc(F)cc4)NC(=O)c4ccccc4)cc3)C2=O)cc1. The number of anilines is 2. The molecule has 0 saturated carbocycles. The van der Waals surface area contributed by atoms with E-state index in [1.54, 1.807) is 66.7 Å². The quantitative estimate of drug-likeness (QED) is 0.198. The summed E-state index contributed by atoms with van der Waals surface area (Å²) in [5.41, 5.74) is 2.92. The van der Waals surface area contributed by atoms with Crippen molar-refractivity contribution in [3.8, 4) is 0 Å². The van der Waals surface area contributed by atoms with Crippen LogP contribution in [0.25, 0.3) is 6.08 Å². The molecule has 1 atom stereocenters. The van der Waals surface area contributed by atoms with Crippen LogP contribution in [0.2, 0.25) is 0 Å². The van der Waals surface area contributed by atoms with E-state index in [2.05, 4.69) is 10.6 Å². The monoisotopic (exact) mass is 579 g/mol. The molecular formula is C33H26FN3O4S. The van der Waals surface area contributed by atoms with Gasteiger partial charge in [-0.3, -0.25) is 19.2 Å². The van der Waals surface area contributed by atoms with Crippen molar-refractivity contribution in [1.82, 2.24) is 5.32 Å². The van der Waals surface area contributed by atoms with Crippen molar-refractivity contribution in [3.63, 3.8) is 0 Å². The standard InChI is InChI=1S/C33H26FN3O4S/c1-21-7-15-26(16-8-21)37-30(38)20-29(33(37)41)42-27-17-13-25(14-18-27)35-32(40)28(19-22-9-11-24(34)12-10-22)36-31(39)23-5-3-2-4-6-23/h2-19,29H,20H2,1H3,(H,35,40)(H,36,39)/b28-19-. The first-order chi connectivity index (χ1) is 20.3. The van der Waals surface area contributed by atoms with E-state index < -0.39 is 22.9 Å². The van der Waals surface area contributed by atoms with E-state index >= 15 is 0 Å². The molecule has 9 heteroatoms.